The molecule has 0 amide bonds. The van der Waals surface area contributed by atoms with E-state index in [0.717, 1.165) is 23.3 Å². The second-order valence-corrected chi connectivity index (χ2v) is 8.72. The number of rotatable bonds is 2. The van der Waals surface area contributed by atoms with Crippen LogP contribution < -0.4 is 9.47 Å². The molecule has 0 heterocycles. The van der Waals surface area contributed by atoms with Gasteiger partial charge in [0.15, 0.2) is 0 Å². The van der Waals surface area contributed by atoms with Crippen molar-refractivity contribution in [2.75, 3.05) is 14.2 Å². The van der Waals surface area contributed by atoms with Crippen LogP contribution in [0.5, 0.6) is 11.5 Å². The number of fused-ring (bicyclic) bond motifs is 9. The smallest absolute Gasteiger partial charge is 0.123 e. The first kappa shape index (κ1) is 13.8. The van der Waals surface area contributed by atoms with E-state index >= 15 is 0 Å². The van der Waals surface area contributed by atoms with Crippen LogP contribution >= 0.6 is 0 Å². The quantitative estimate of drug-likeness (QED) is 0.698. The topological polar surface area (TPSA) is 18.5 Å². The highest BCUT2D eigenvalue weighted by atomic mass is 16.5. The maximum atomic E-state index is 5.86. The van der Waals surface area contributed by atoms with Gasteiger partial charge in [0.2, 0.25) is 0 Å². The van der Waals surface area contributed by atoms with Gasteiger partial charge < -0.3 is 9.47 Å². The minimum atomic E-state index is 0.468. The van der Waals surface area contributed by atoms with E-state index in [1.165, 1.54) is 56.1 Å². The van der Waals surface area contributed by atoms with E-state index in [2.05, 4.69) is 12.1 Å². The predicted octanol–water partition coefficient (Wildman–Crippen LogP) is 5.19. The molecule has 2 nitrogen and oxygen atoms in total. The summed E-state index contributed by atoms with van der Waals surface area (Å²) >= 11 is 0. The van der Waals surface area contributed by atoms with E-state index in [9.17, 15) is 0 Å². The van der Waals surface area contributed by atoms with Gasteiger partial charge in [-0.25, -0.2) is 0 Å². The molecule has 126 valence electrons. The SMILES string of the molecule is COc1ccc(OC)c2c1C1C3=C(C4CCC3C4)C2C12CCCC2. The van der Waals surface area contributed by atoms with Crippen molar-refractivity contribution in [1.82, 2.24) is 0 Å². The van der Waals surface area contributed by atoms with Crippen LogP contribution in [0.4, 0.5) is 0 Å². The molecule has 4 bridgehead atoms. The molecule has 0 N–H and O–H groups in total. The molecule has 0 radical (unpaired) electrons. The van der Waals surface area contributed by atoms with Crippen molar-refractivity contribution >= 4 is 0 Å². The highest BCUT2D eigenvalue weighted by Crippen LogP contribution is 2.79. The molecule has 2 heteroatoms. The Morgan fingerprint density at radius 3 is 1.79 bits per heavy atom. The summed E-state index contributed by atoms with van der Waals surface area (Å²) < 4.78 is 11.7. The summed E-state index contributed by atoms with van der Waals surface area (Å²) in [6.45, 7) is 0. The van der Waals surface area contributed by atoms with Gasteiger partial charge in [0.05, 0.1) is 14.2 Å². The van der Waals surface area contributed by atoms with E-state index in [-0.39, 0.29) is 0 Å². The van der Waals surface area contributed by atoms with Gasteiger partial charge in [-0.3, -0.25) is 0 Å². The first-order valence-corrected chi connectivity index (χ1v) is 9.78. The highest BCUT2D eigenvalue weighted by Gasteiger charge is 2.67. The number of allylic oxidation sites excluding steroid dienone is 2. The van der Waals surface area contributed by atoms with E-state index in [4.69, 9.17) is 9.47 Å². The van der Waals surface area contributed by atoms with E-state index < -0.39 is 0 Å². The molecule has 2 fully saturated rings. The van der Waals surface area contributed by atoms with Crippen molar-refractivity contribution in [1.29, 1.82) is 0 Å². The Kier molecular flexibility index (Phi) is 2.53. The monoisotopic (exact) mass is 322 g/mol. The van der Waals surface area contributed by atoms with Crippen molar-refractivity contribution in [2.45, 2.75) is 56.8 Å². The number of ether oxygens (including phenoxy) is 2. The first-order chi connectivity index (χ1) is 11.8. The lowest BCUT2D eigenvalue weighted by atomic mass is 9.69. The van der Waals surface area contributed by atoms with Gasteiger partial charge in [-0.05, 0) is 61.5 Å². The van der Waals surface area contributed by atoms with Gasteiger partial charge in [0.25, 0.3) is 0 Å². The Hall–Kier alpha value is -1.44. The third-order valence-electron chi connectivity index (χ3n) is 8.18. The van der Waals surface area contributed by atoms with Gasteiger partial charge in [0.1, 0.15) is 11.5 Å². The fourth-order valence-corrected chi connectivity index (χ4v) is 7.65. The average Bonchev–Trinajstić information content (AvgIpc) is 3.41. The summed E-state index contributed by atoms with van der Waals surface area (Å²) in [7, 11) is 3.68. The molecule has 0 saturated heterocycles. The molecule has 6 rings (SSSR count). The standard InChI is InChI=1S/C22H26O2/c1-23-14-7-8-15(24-2)19-18(14)20-16-12-5-6-13(11-12)17(16)21(19)22(20)9-3-4-10-22/h7-8,12-13,20-21H,3-6,9-11H2,1-2H3. The van der Waals surface area contributed by atoms with Crippen LogP contribution in [-0.2, 0) is 0 Å². The molecule has 5 aliphatic carbocycles. The molecule has 0 aromatic heterocycles. The summed E-state index contributed by atoms with van der Waals surface area (Å²) in [4.78, 5) is 0. The average molecular weight is 322 g/mol. The summed E-state index contributed by atoms with van der Waals surface area (Å²) in [6, 6.07) is 4.29. The van der Waals surface area contributed by atoms with E-state index in [1.807, 2.05) is 25.4 Å². The van der Waals surface area contributed by atoms with Crippen molar-refractivity contribution in [3.63, 3.8) is 0 Å². The van der Waals surface area contributed by atoms with Crippen LogP contribution in [0, 0.1) is 17.3 Å². The Labute approximate surface area is 144 Å². The van der Waals surface area contributed by atoms with Gasteiger partial charge in [-0.2, -0.15) is 0 Å². The lowest BCUT2D eigenvalue weighted by molar-refractivity contribution is 0.248. The van der Waals surface area contributed by atoms with Gasteiger partial charge >= 0.3 is 0 Å². The predicted molar refractivity (Wildman–Crippen MR) is 93.8 cm³/mol. The zero-order chi connectivity index (χ0) is 16.1. The number of hydrogen-bond acceptors (Lipinski definition) is 2. The third-order valence-corrected chi connectivity index (χ3v) is 8.18. The molecule has 4 atom stereocenters. The normalized spacial score (nSPS) is 36.6. The number of benzene rings is 1. The number of methoxy groups -OCH3 is 2. The van der Waals surface area contributed by atoms with Crippen molar-refractivity contribution in [3.8, 4) is 11.5 Å². The van der Waals surface area contributed by atoms with Gasteiger partial charge in [-0.1, -0.05) is 24.0 Å². The minimum absolute atomic E-state index is 0.468. The molecule has 1 aromatic carbocycles. The van der Waals surface area contributed by atoms with Crippen LogP contribution in [0.15, 0.2) is 23.3 Å². The maximum absolute atomic E-state index is 5.86. The van der Waals surface area contributed by atoms with Crippen LogP contribution in [0.2, 0.25) is 0 Å². The van der Waals surface area contributed by atoms with Crippen molar-refractivity contribution < 1.29 is 9.47 Å². The fraction of sp³-hybridized carbons (Fsp3) is 0.636. The lowest BCUT2D eigenvalue weighted by Gasteiger charge is -2.34. The minimum Gasteiger partial charge on any atom is -0.496 e. The van der Waals surface area contributed by atoms with Gasteiger partial charge in [0, 0.05) is 23.0 Å². The molecule has 24 heavy (non-hydrogen) atoms. The zero-order valence-corrected chi connectivity index (χ0v) is 14.7. The van der Waals surface area contributed by atoms with Gasteiger partial charge in [-0.15, -0.1) is 0 Å². The molecule has 1 spiro atoms. The van der Waals surface area contributed by atoms with Crippen molar-refractivity contribution in [2.24, 2.45) is 17.3 Å². The molecule has 5 aliphatic rings. The largest absolute Gasteiger partial charge is 0.496 e. The maximum Gasteiger partial charge on any atom is 0.123 e. The van der Waals surface area contributed by atoms with Crippen molar-refractivity contribution in [3.05, 3.63) is 34.4 Å². The Balaban J connectivity index is 1.65. The lowest BCUT2D eigenvalue weighted by Crippen LogP contribution is -2.24. The molecule has 2 saturated carbocycles. The second-order valence-electron chi connectivity index (χ2n) is 8.72. The van der Waals surface area contributed by atoms with Crippen LogP contribution in [-0.4, -0.2) is 14.2 Å². The summed E-state index contributed by atoms with van der Waals surface area (Å²) in [5.74, 6) is 5.24. The second kappa shape index (κ2) is 4.39. The molecular weight excluding hydrogens is 296 g/mol. The summed E-state index contributed by atoms with van der Waals surface area (Å²) in [6.07, 6.45) is 9.91. The van der Waals surface area contributed by atoms with Crippen LogP contribution in [0.1, 0.15) is 67.9 Å². The molecular formula is C22H26O2. The Bertz CT molecular complexity index is 711. The van der Waals surface area contributed by atoms with E-state index in [0.29, 0.717) is 17.3 Å². The fourth-order valence-electron chi connectivity index (χ4n) is 7.65. The first-order valence-electron chi connectivity index (χ1n) is 9.78. The molecule has 1 aromatic rings. The molecule has 0 aliphatic heterocycles. The molecule has 4 unspecified atom stereocenters. The highest BCUT2D eigenvalue weighted by molar-refractivity contribution is 5.69. The summed E-state index contributed by atoms with van der Waals surface area (Å²) in [5.41, 5.74) is 7.23. The Morgan fingerprint density at radius 1 is 0.833 bits per heavy atom. The van der Waals surface area contributed by atoms with Crippen LogP contribution in [0.3, 0.4) is 0 Å². The third kappa shape index (κ3) is 1.31. The Morgan fingerprint density at radius 2 is 1.33 bits per heavy atom. The summed E-state index contributed by atoms with van der Waals surface area (Å²) in [5, 5.41) is 0. The van der Waals surface area contributed by atoms with E-state index in [1.54, 1.807) is 0 Å². The van der Waals surface area contributed by atoms with Crippen LogP contribution in [0.25, 0.3) is 0 Å². The zero-order valence-electron chi connectivity index (χ0n) is 14.7. The number of hydrogen-bond donors (Lipinski definition) is 0.